The zero-order valence-electron chi connectivity index (χ0n) is 15.5. The summed E-state index contributed by atoms with van der Waals surface area (Å²) in [5.74, 6) is 0. The molecule has 0 aromatic rings. The summed E-state index contributed by atoms with van der Waals surface area (Å²) in [4.78, 5) is 0. The van der Waals surface area contributed by atoms with Crippen LogP contribution in [0.4, 0.5) is 0 Å². The van der Waals surface area contributed by atoms with Crippen LogP contribution < -0.4 is 136 Å². The summed E-state index contributed by atoms with van der Waals surface area (Å²) in [6.07, 6.45) is 0. The van der Waals surface area contributed by atoms with Gasteiger partial charge >= 0.3 is 323 Å². The Labute approximate surface area is 326 Å². The SMILES string of the molecule is [K+].[K+].[OH-].[OH-].[O]=[Cr](=[O])([O-])[O-].[O]=[Cr](=[O])([O-])[O-].[O]=[Cr](=[O])([O-])[O-].[O]=[Cr](=[O])([O-])[O][Cr](=[O])(=[O])[O-].[Zn+2].[Zn+2].[Zn+2].[Zn+2]. The first-order valence-electron chi connectivity index (χ1n) is 3.33. The van der Waals surface area contributed by atoms with Crippen LogP contribution in [0.5, 0.6) is 0 Å². The summed E-state index contributed by atoms with van der Waals surface area (Å²) in [5.41, 5.74) is 0. The average molecular weight is 938 g/mol. The Hall–Kier alpha value is 5.99. The first-order chi connectivity index (χ1) is 9.71. The average Bonchev–Trinajstić information content (AvgIpc) is 1.80. The Morgan fingerprint density at radius 1 is 0.375 bits per heavy atom. The molecule has 0 fully saturated rings. The molecule has 0 aromatic heterocycles. The van der Waals surface area contributed by atoms with E-state index in [-0.39, 0.29) is 192 Å². The standard InChI is InChI=1S/5Cr.2K.2H2O.19O.4Zn/h;;;;;;;2*1H2;;;;;;;;;;;;;;;;;;;;;;;/q;;;;;2*+1;;;;;;;;;;;;;;8*-1;4*+2/p-2. The number of hydrogen-bond donors (Lipinski definition) is 0. The Bertz CT molecular complexity index is 741. The molecule has 0 heterocycles. The predicted molar refractivity (Wildman–Crippen MR) is 11.8 cm³/mol. The Morgan fingerprint density at radius 2 is 0.438 bits per heavy atom. The smallest absolute Gasteiger partial charge is 2.00 e. The van der Waals surface area contributed by atoms with Crippen molar-refractivity contribution in [2.75, 3.05) is 0 Å². The molecular weight excluding hydrogens is 936 g/mol. The summed E-state index contributed by atoms with van der Waals surface area (Å²) >= 11 is -29.4. The molecule has 168 valence electrons. The maximum atomic E-state index is 9.38. The van der Waals surface area contributed by atoms with Crippen LogP contribution in [-0.2, 0) is 187 Å². The van der Waals surface area contributed by atoms with Gasteiger partial charge in [0.15, 0.2) is 0 Å². The summed E-state index contributed by atoms with van der Waals surface area (Å²) in [5, 5.41) is 0. The van der Waals surface area contributed by atoms with Crippen molar-refractivity contribution in [3.63, 3.8) is 0 Å². The third kappa shape index (κ3) is 307. The van der Waals surface area contributed by atoms with E-state index in [2.05, 4.69) is 2.84 Å². The maximum Gasteiger partial charge on any atom is 2.00 e. The van der Waals surface area contributed by atoms with Gasteiger partial charge in [-0.1, -0.05) is 0 Å². The minimum Gasteiger partial charge on any atom is 2.00 e. The van der Waals surface area contributed by atoms with Crippen molar-refractivity contribution in [3.05, 3.63) is 0 Å². The fourth-order valence-electron chi connectivity index (χ4n) is 0.102. The molecule has 0 amide bonds. The monoisotopic (exact) mass is 931 g/mol. The van der Waals surface area contributed by atoms with Gasteiger partial charge in [0, 0.05) is 0 Å². The minimum atomic E-state index is -6.07. The normalized spacial score (nSPS) is 9.25. The molecule has 0 aliphatic heterocycles. The summed E-state index contributed by atoms with van der Waals surface area (Å²) in [7, 11) is 0. The molecule has 21 nitrogen and oxygen atoms in total. The van der Waals surface area contributed by atoms with Crippen molar-refractivity contribution in [3.8, 4) is 0 Å². The molecule has 0 spiro atoms. The third-order valence-electron chi connectivity index (χ3n) is 0.167. The second-order valence-electron chi connectivity index (χ2n) is 2.11. The molecule has 0 bridgehead atoms. The van der Waals surface area contributed by atoms with Crippen LogP contribution in [0.3, 0.4) is 0 Å². The zero-order chi connectivity index (χ0) is 21.2. The minimum absolute atomic E-state index is 0. The molecule has 0 atom stereocenters. The molecule has 0 rings (SSSR count). The quantitative estimate of drug-likeness (QED) is 0.232. The van der Waals surface area contributed by atoms with Gasteiger partial charge in [0.1, 0.15) is 0 Å². The van der Waals surface area contributed by atoms with Gasteiger partial charge in [0.05, 0.1) is 0 Å². The van der Waals surface area contributed by atoms with Crippen LogP contribution in [0.25, 0.3) is 0 Å². The molecule has 32 heteroatoms. The van der Waals surface area contributed by atoms with Gasteiger partial charge in [-0.2, -0.15) is 0 Å². The van der Waals surface area contributed by atoms with Crippen molar-refractivity contribution in [1.82, 2.24) is 0 Å². The van der Waals surface area contributed by atoms with Gasteiger partial charge < -0.3 is 11.0 Å². The van der Waals surface area contributed by atoms with E-state index in [1.54, 1.807) is 0 Å². The van der Waals surface area contributed by atoms with Gasteiger partial charge in [-0.3, -0.25) is 0 Å². The predicted octanol–water partition coefficient (Wildman–Crippen LogP) is -17.1. The van der Waals surface area contributed by atoms with Crippen LogP contribution in [-0.4, -0.2) is 11.0 Å². The molecule has 2 N–H and O–H groups in total. The van der Waals surface area contributed by atoms with Crippen molar-refractivity contribution < 1.29 is 334 Å². The van der Waals surface area contributed by atoms with Crippen LogP contribution in [0.1, 0.15) is 0 Å². The molecule has 0 saturated heterocycles. The Morgan fingerprint density at radius 3 is 0.438 bits per heavy atom. The molecule has 0 aliphatic rings. The van der Waals surface area contributed by atoms with E-state index in [4.69, 9.17) is 47.8 Å². The second-order valence-corrected chi connectivity index (χ2v) is 9.57. The summed E-state index contributed by atoms with van der Waals surface area (Å²) in [6, 6.07) is 0. The zero-order valence-corrected chi connectivity index (χ0v) is 40.0. The fourth-order valence-corrected chi connectivity index (χ4v) is 1.74. The van der Waals surface area contributed by atoms with Crippen LogP contribution in [0.2, 0.25) is 0 Å². The fraction of sp³-hybridized carbons (Fsp3) is 0. The van der Waals surface area contributed by atoms with Gasteiger partial charge in [-0.05, 0) is 0 Å². The van der Waals surface area contributed by atoms with Crippen LogP contribution in [0, 0.1) is 0 Å². The Kier molecular flexibility index (Phi) is 84.2. The van der Waals surface area contributed by atoms with Crippen molar-refractivity contribution >= 4 is 0 Å². The van der Waals surface area contributed by atoms with E-state index < -0.39 is 68.1 Å². The molecule has 0 radical (unpaired) electrons. The summed E-state index contributed by atoms with van der Waals surface area (Å²) in [6.45, 7) is 0. The van der Waals surface area contributed by atoms with Crippen molar-refractivity contribution in [2.24, 2.45) is 0 Å². The molecule has 0 saturated carbocycles. The van der Waals surface area contributed by atoms with Crippen LogP contribution >= 0.6 is 0 Å². The molecule has 32 heavy (non-hydrogen) atoms. The topological polar surface area (TPSA) is 424 Å². The van der Waals surface area contributed by atoms with E-state index in [1.807, 2.05) is 0 Å². The van der Waals surface area contributed by atoms with E-state index in [9.17, 15) is 23.5 Å². The summed E-state index contributed by atoms with van der Waals surface area (Å²) < 4.78 is 162. The first kappa shape index (κ1) is 77.0. The van der Waals surface area contributed by atoms with Gasteiger partial charge in [0.25, 0.3) is 0 Å². The van der Waals surface area contributed by atoms with Crippen molar-refractivity contribution in [2.45, 2.75) is 0 Å². The molecule has 0 aliphatic carbocycles. The second kappa shape index (κ2) is 35.0. The van der Waals surface area contributed by atoms with Gasteiger partial charge in [0.2, 0.25) is 0 Å². The number of hydrogen-bond acceptors (Lipinski definition) is 21. The molecular formula is H2Cr5K2O21Zn4. The van der Waals surface area contributed by atoms with Gasteiger partial charge in [-0.15, -0.1) is 0 Å². The van der Waals surface area contributed by atoms with Gasteiger partial charge in [-0.25, -0.2) is 0 Å². The number of rotatable bonds is 2. The van der Waals surface area contributed by atoms with E-state index >= 15 is 0 Å². The maximum absolute atomic E-state index is 9.38. The first-order valence-corrected chi connectivity index (χ1v) is 13.7. The van der Waals surface area contributed by atoms with Crippen molar-refractivity contribution in [1.29, 1.82) is 0 Å². The Balaban J connectivity index is -0.0000000158. The molecule has 0 unspecified atom stereocenters. The van der Waals surface area contributed by atoms with E-state index in [1.165, 1.54) is 0 Å². The van der Waals surface area contributed by atoms with E-state index in [0.717, 1.165) is 0 Å². The van der Waals surface area contributed by atoms with Crippen LogP contribution in [0.15, 0.2) is 0 Å². The largest absolute Gasteiger partial charge is 2.00 e. The van der Waals surface area contributed by atoms with E-state index in [0.29, 0.717) is 0 Å². The third-order valence-corrected chi connectivity index (χ3v) is 2.83. The molecule has 0 aromatic carbocycles.